The highest BCUT2D eigenvalue weighted by molar-refractivity contribution is 5.97. The van der Waals surface area contributed by atoms with Crippen LogP contribution in [0.15, 0.2) is 48.5 Å². The summed E-state index contributed by atoms with van der Waals surface area (Å²) in [5.41, 5.74) is 3.53. The van der Waals surface area contributed by atoms with Gasteiger partial charge in [-0.1, -0.05) is 43.7 Å². The average Bonchev–Trinajstić information content (AvgIpc) is 3.00. The van der Waals surface area contributed by atoms with E-state index in [2.05, 4.69) is 15.6 Å². The lowest BCUT2D eigenvalue weighted by molar-refractivity contribution is -0.124. The number of aromatic nitrogens is 2. The molecule has 28 heavy (non-hydrogen) atoms. The van der Waals surface area contributed by atoms with Gasteiger partial charge in [-0.15, -0.1) is 0 Å². The SMILES string of the molecule is Cc1ccc(C(=O)NC(C(=O)NCc2nc3ccccc3n2C)C(C)C)cc1. The van der Waals surface area contributed by atoms with E-state index in [1.54, 1.807) is 12.1 Å². The van der Waals surface area contributed by atoms with E-state index < -0.39 is 6.04 Å². The third kappa shape index (κ3) is 4.22. The standard InChI is InChI=1S/C22H26N4O2/c1-14(2)20(25-21(27)16-11-9-15(3)10-12-16)22(28)23-13-19-24-17-7-5-6-8-18(17)26(19)4/h5-12,14,20H,13H2,1-4H3,(H,23,28)(H,25,27). The Morgan fingerprint density at radius 1 is 1.07 bits per heavy atom. The highest BCUT2D eigenvalue weighted by Crippen LogP contribution is 2.14. The molecule has 0 aliphatic heterocycles. The molecule has 1 atom stereocenters. The molecule has 0 aliphatic rings. The fourth-order valence-electron chi connectivity index (χ4n) is 3.09. The van der Waals surface area contributed by atoms with Gasteiger partial charge in [0, 0.05) is 12.6 Å². The minimum atomic E-state index is -0.622. The lowest BCUT2D eigenvalue weighted by Gasteiger charge is -2.21. The summed E-state index contributed by atoms with van der Waals surface area (Å²) in [5, 5.41) is 5.76. The number of fused-ring (bicyclic) bond motifs is 1. The molecule has 2 N–H and O–H groups in total. The summed E-state index contributed by atoms with van der Waals surface area (Å²) in [4.78, 5) is 29.8. The zero-order valence-electron chi connectivity index (χ0n) is 16.7. The first-order valence-electron chi connectivity index (χ1n) is 9.42. The van der Waals surface area contributed by atoms with E-state index in [0.29, 0.717) is 12.1 Å². The van der Waals surface area contributed by atoms with Crippen LogP contribution in [0.3, 0.4) is 0 Å². The number of benzene rings is 2. The second kappa shape index (κ2) is 8.25. The number of imidazole rings is 1. The van der Waals surface area contributed by atoms with Crippen molar-refractivity contribution in [3.05, 3.63) is 65.5 Å². The average molecular weight is 378 g/mol. The number of hydrogen-bond acceptors (Lipinski definition) is 3. The Hall–Kier alpha value is -3.15. The van der Waals surface area contributed by atoms with Crippen LogP contribution in [-0.4, -0.2) is 27.4 Å². The number of nitrogens with zero attached hydrogens (tertiary/aromatic N) is 2. The molecule has 2 aromatic carbocycles. The Morgan fingerprint density at radius 3 is 2.39 bits per heavy atom. The molecule has 0 saturated carbocycles. The highest BCUT2D eigenvalue weighted by Gasteiger charge is 2.25. The molecule has 0 aliphatic carbocycles. The molecule has 1 heterocycles. The Balaban J connectivity index is 1.68. The van der Waals surface area contributed by atoms with Gasteiger partial charge in [-0.2, -0.15) is 0 Å². The summed E-state index contributed by atoms with van der Waals surface area (Å²) in [6, 6.07) is 14.5. The predicted molar refractivity (Wildman–Crippen MR) is 110 cm³/mol. The molecule has 0 fully saturated rings. The number of para-hydroxylation sites is 2. The molecule has 0 bridgehead atoms. The van der Waals surface area contributed by atoms with Crippen LogP contribution >= 0.6 is 0 Å². The van der Waals surface area contributed by atoms with E-state index in [0.717, 1.165) is 22.4 Å². The Morgan fingerprint density at radius 2 is 1.75 bits per heavy atom. The van der Waals surface area contributed by atoms with Crippen molar-refractivity contribution in [2.75, 3.05) is 0 Å². The molecule has 1 aromatic heterocycles. The fraction of sp³-hybridized carbons (Fsp3) is 0.318. The topological polar surface area (TPSA) is 76.0 Å². The molecule has 6 nitrogen and oxygen atoms in total. The molecule has 0 saturated heterocycles. The lowest BCUT2D eigenvalue weighted by atomic mass is 10.0. The Bertz CT molecular complexity index is 989. The molecule has 2 amide bonds. The van der Waals surface area contributed by atoms with Gasteiger partial charge in [0.1, 0.15) is 11.9 Å². The van der Waals surface area contributed by atoms with E-state index in [9.17, 15) is 9.59 Å². The number of carbonyl (C=O) groups excluding carboxylic acids is 2. The van der Waals surface area contributed by atoms with Crippen molar-refractivity contribution in [3.63, 3.8) is 0 Å². The van der Waals surface area contributed by atoms with Gasteiger partial charge in [0.05, 0.1) is 17.6 Å². The van der Waals surface area contributed by atoms with Crippen molar-refractivity contribution in [1.29, 1.82) is 0 Å². The minimum absolute atomic E-state index is 0.0464. The molecule has 146 valence electrons. The summed E-state index contributed by atoms with van der Waals surface area (Å²) < 4.78 is 1.96. The largest absolute Gasteiger partial charge is 0.347 e. The van der Waals surface area contributed by atoms with Crippen molar-refractivity contribution in [2.24, 2.45) is 13.0 Å². The second-order valence-electron chi connectivity index (χ2n) is 7.35. The molecule has 0 spiro atoms. The van der Waals surface area contributed by atoms with Crippen LogP contribution in [0.5, 0.6) is 0 Å². The molecule has 1 unspecified atom stereocenters. The first kappa shape index (κ1) is 19.6. The van der Waals surface area contributed by atoms with Gasteiger partial charge >= 0.3 is 0 Å². The Kier molecular flexibility index (Phi) is 5.78. The third-order valence-corrected chi connectivity index (χ3v) is 4.85. The van der Waals surface area contributed by atoms with Gasteiger partial charge in [-0.05, 0) is 37.1 Å². The maximum absolute atomic E-state index is 12.7. The van der Waals surface area contributed by atoms with Gasteiger partial charge in [0.15, 0.2) is 0 Å². The van der Waals surface area contributed by atoms with Crippen LogP contribution in [0.2, 0.25) is 0 Å². The van der Waals surface area contributed by atoms with Crippen LogP contribution in [0.25, 0.3) is 11.0 Å². The van der Waals surface area contributed by atoms with Crippen LogP contribution in [-0.2, 0) is 18.4 Å². The van der Waals surface area contributed by atoms with Crippen molar-refractivity contribution in [2.45, 2.75) is 33.4 Å². The van der Waals surface area contributed by atoms with Crippen molar-refractivity contribution in [3.8, 4) is 0 Å². The number of aryl methyl sites for hydroxylation is 2. The quantitative estimate of drug-likeness (QED) is 0.692. The predicted octanol–water partition coefficient (Wildman–Crippen LogP) is 2.95. The summed E-state index contributed by atoms with van der Waals surface area (Å²) >= 11 is 0. The summed E-state index contributed by atoms with van der Waals surface area (Å²) in [7, 11) is 1.93. The van der Waals surface area contributed by atoms with E-state index in [-0.39, 0.29) is 17.7 Å². The van der Waals surface area contributed by atoms with Crippen LogP contribution in [0.1, 0.15) is 35.6 Å². The highest BCUT2D eigenvalue weighted by atomic mass is 16.2. The van der Waals surface area contributed by atoms with Gasteiger partial charge < -0.3 is 15.2 Å². The number of hydrogen-bond donors (Lipinski definition) is 2. The maximum Gasteiger partial charge on any atom is 0.251 e. The number of amides is 2. The van der Waals surface area contributed by atoms with E-state index in [1.807, 2.05) is 68.8 Å². The maximum atomic E-state index is 12.7. The zero-order valence-corrected chi connectivity index (χ0v) is 16.7. The Labute approximate surface area is 165 Å². The molecule has 3 aromatic rings. The first-order valence-corrected chi connectivity index (χ1v) is 9.42. The number of nitrogens with one attached hydrogen (secondary N) is 2. The van der Waals surface area contributed by atoms with Gasteiger partial charge in [0.2, 0.25) is 5.91 Å². The molecule has 3 rings (SSSR count). The fourth-order valence-corrected chi connectivity index (χ4v) is 3.09. The smallest absolute Gasteiger partial charge is 0.251 e. The van der Waals surface area contributed by atoms with Crippen molar-refractivity contribution >= 4 is 22.8 Å². The van der Waals surface area contributed by atoms with Crippen LogP contribution < -0.4 is 10.6 Å². The molecular weight excluding hydrogens is 352 g/mol. The van der Waals surface area contributed by atoms with E-state index >= 15 is 0 Å². The normalized spacial score (nSPS) is 12.2. The zero-order chi connectivity index (χ0) is 20.3. The van der Waals surface area contributed by atoms with Gasteiger partial charge in [0.25, 0.3) is 5.91 Å². The number of carbonyl (C=O) groups is 2. The van der Waals surface area contributed by atoms with Crippen molar-refractivity contribution in [1.82, 2.24) is 20.2 Å². The molecule has 6 heteroatoms. The molecule has 0 radical (unpaired) electrons. The second-order valence-corrected chi connectivity index (χ2v) is 7.35. The minimum Gasteiger partial charge on any atom is -0.347 e. The third-order valence-electron chi connectivity index (χ3n) is 4.85. The summed E-state index contributed by atoms with van der Waals surface area (Å²) in [6.07, 6.45) is 0. The van der Waals surface area contributed by atoms with Gasteiger partial charge in [-0.25, -0.2) is 4.98 Å². The van der Waals surface area contributed by atoms with E-state index in [1.165, 1.54) is 0 Å². The van der Waals surface area contributed by atoms with E-state index in [4.69, 9.17) is 0 Å². The monoisotopic (exact) mass is 378 g/mol. The number of rotatable bonds is 6. The summed E-state index contributed by atoms with van der Waals surface area (Å²) in [5.74, 6) is 0.246. The molecular formula is C22H26N4O2. The first-order chi connectivity index (χ1) is 13.4. The van der Waals surface area contributed by atoms with Crippen molar-refractivity contribution < 1.29 is 9.59 Å². The van der Waals surface area contributed by atoms with Crippen LogP contribution in [0, 0.1) is 12.8 Å². The lowest BCUT2D eigenvalue weighted by Crippen LogP contribution is -2.49. The van der Waals surface area contributed by atoms with Gasteiger partial charge in [-0.3, -0.25) is 9.59 Å². The van der Waals surface area contributed by atoms with Crippen LogP contribution in [0.4, 0.5) is 0 Å². The summed E-state index contributed by atoms with van der Waals surface area (Å²) in [6.45, 7) is 6.09.